The lowest BCUT2D eigenvalue weighted by Gasteiger charge is -2.19. The van der Waals surface area contributed by atoms with Gasteiger partial charge in [0.25, 0.3) is 0 Å². The zero-order valence-electron chi connectivity index (χ0n) is 15.5. The van der Waals surface area contributed by atoms with E-state index in [0.717, 1.165) is 25.3 Å². The van der Waals surface area contributed by atoms with Crippen LogP contribution in [0.2, 0.25) is 0 Å². The molecule has 2 atom stereocenters. The van der Waals surface area contributed by atoms with Crippen molar-refractivity contribution >= 4 is 12.1 Å². The van der Waals surface area contributed by atoms with Crippen LogP contribution in [0.3, 0.4) is 0 Å². The van der Waals surface area contributed by atoms with Crippen molar-refractivity contribution in [1.29, 1.82) is 0 Å². The third-order valence-corrected chi connectivity index (χ3v) is 5.70. The molecule has 144 valence electrons. The van der Waals surface area contributed by atoms with Crippen molar-refractivity contribution in [1.82, 2.24) is 5.32 Å². The zero-order chi connectivity index (χ0) is 19.5. The Morgan fingerprint density at radius 3 is 2.32 bits per heavy atom. The first-order valence-corrected chi connectivity index (χ1v) is 9.66. The summed E-state index contributed by atoms with van der Waals surface area (Å²) in [5.41, 5.74) is 4.75. The maximum Gasteiger partial charge on any atom is 0.407 e. The number of hydrogen-bond donors (Lipinski definition) is 2. The van der Waals surface area contributed by atoms with Gasteiger partial charge >= 0.3 is 12.1 Å². The van der Waals surface area contributed by atoms with Gasteiger partial charge in [0.2, 0.25) is 0 Å². The molecule has 2 N–H and O–H groups in total. The maximum absolute atomic E-state index is 12.4. The molecular formula is C23H23NO4. The first kappa shape index (κ1) is 18.3. The van der Waals surface area contributed by atoms with E-state index in [1.54, 1.807) is 6.08 Å². The normalized spacial score (nSPS) is 20.7. The molecular weight excluding hydrogens is 354 g/mol. The number of ether oxygens (including phenoxy) is 1. The summed E-state index contributed by atoms with van der Waals surface area (Å²) < 4.78 is 5.59. The van der Waals surface area contributed by atoms with Gasteiger partial charge in [-0.25, -0.2) is 9.59 Å². The van der Waals surface area contributed by atoms with Crippen LogP contribution in [0.1, 0.15) is 36.3 Å². The molecule has 28 heavy (non-hydrogen) atoms. The van der Waals surface area contributed by atoms with E-state index >= 15 is 0 Å². The summed E-state index contributed by atoms with van der Waals surface area (Å²) in [4.78, 5) is 23.1. The van der Waals surface area contributed by atoms with Crippen molar-refractivity contribution in [3.63, 3.8) is 0 Å². The first-order valence-electron chi connectivity index (χ1n) is 9.66. The Balaban J connectivity index is 1.41. The van der Waals surface area contributed by atoms with Gasteiger partial charge in [0.15, 0.2) is 0 Å². The van der Waals surface area contributed by atoms with Gasteiger partial charge in [-0.1, -0.05) is 61.0 Å². The fourth-order valence-corrected chi connectivity index (χ4v) is 4.40. The Morgan fingerprint density at radius 1 is 1.04 bits per heavy atom. The van der Waals surface area contributed by atoms with Gasteiger partial charge in [-0.05, 0) is 41.0 Å². The summed E-state index contributed by atoms with van der Waals surface area (Å²) in [5.74, 6) is -0.896. The van der Waals surface area contributed by atoms with Crippen molar-refractivity contribution in [3.8, 4) is 11.1 Å². The monoisotopic (exact) mass is 377 g/mol. The van der Waals surface area contributed by atoms with Crippen LogP contribution < -0.4 is 5.32 Å². The van der Waals surface area contributed by atoms with E-state index in [4.69, 9.17) is 9.84 Å². The van der Waals surface area contributed by atoms with Gasteiger partial charge < -0.3 is 15.2 Å². The molecule has 0 saturated heterocycles. The fraction of sp³-hybridized carbons (Fsp3) is 0.304. The van der Waals surface area contributed by atoms with Crippen molar-refractivity contribution in [2.45, 2.75) is 31.2 Å². The molecule has 1 amide bonds. The number of aliphatic carboxylic acids is 1. The van der Waals surface area contributed by atoms with E-state index in [1.165, 1.54) is 22.3 Å². The average Bonchev–Trinajstić information content (AvgIpc) is 3.27. The first-order chi connectivity index (χ1) is 13.6. The van der Waals surface area contributed by atoms with E-state index in [1.807, 2.05) is 24.3 Å². The van der Waals surface area contributed by atoms with E-state index in [-0.39, 0.29) is 24.5 Å². The summed E-state index contributed by atoms with van der Waals surface area (Å²) in [6.45, 7) is 0.280. The molecule has 2 aliphatic rings. The molecule has 4 rings (SSSR count). The molecule has 1 saturated carbocycles. The third-order valence-electron chi connectivity index (χ3n) is 5.70. The van der Waals surface area contributed by atoms with Gasteiger partial charge in [-0.2, -0.15) is 0 Å². The van der Waals surface area contributed by atoms with Gasteiger partial charge in [0.1, 0.15) is 6.61 Å². The molecule has 0 heterocycles. The molecule has 5 heteroatoms. The quantitative estimate of drug-likeness (QED) is 0.760. The minimum absolute atomic E-state index is 0.0319. The van der Waals surface area contributed by atoms with Crippen LogP contribution in [0.15, 0.2) is 60.7 Å². The summed E-state index contributed by atoms with van der Waals surface area (Å²) in [6, 6.07) is 16.4. The van der Waals surface area contributed by atoms with Gasteiger partial charge in [0.05, 0.1) is 0 Å². The summed E-state index contributed by atoms with van der Waals surface area (Å²) >= 11 is 0. The number of amides is 1. The number of hydrogen-bond acceptors (Lipinski definition) is 3. The van der Waals surface area contributed by atoms with Crippen LogP contribution in [0.4, 0.5) is 4.79 Å². The molecule has 2 aliphatic carbocycles. The molecule has 0 aliphatic heterocycles. The number of rotatable bonds is 5. The molecule has 0 spiro atoms. The number of carbonyl (C=O) groups is 2. The topological polar surface area (TPSA) is 75.6 Å². The largest absolute Gasteiger partial charge is 0.478 e. The van der Waals surface area contributed by atoms with E-state index in [0.29, 0.717) is 0 Å². The van der Waals surface area contributed by atoms with Crippen LogP contribution in [0, 0.1) is 5.92 Å². The van der Waals surface area contributed by atoms with E-state index < -0.39 is 12.1 Å². The summed E-state index contributed by atoms with van der Waals surface area (Å²) in [6.07, 6.45) is 5.05. The molecule has 5 nitrogen and oxygen atoms in total. The lowest BCUT2D eigenvalue weighted by molar-refractivity contribution is -0.131. The highest BCUT2D eigenvalue weighted by atomic mass is 16.5. The Morgan fingerprint density at radius 2 is 1.68 bits per heavy atom. The van der Waals surface area contributed by atoms with Crippen molar-refractivity contribution < 1.29 is 19.4 Å². The maximum atomic E-state index is 12.4. The lowest BCUT2D eigenvalue weighted by atomic mass is 9.98. The van der Waals surface area contributed by atoms with E-state index in [2.05, 4.69) is 29.6 Å². The Labute approximate surface area is 164 Å². The van der Waals surface area contributed by atoms with Crippen LogP contribution >= 0.6 is 0 Å². The lowest BCUT2D eigenvalue weighted by Crippen LogP contribution is -2.37. The molecule has 0 bridgehead atoms. The number of fused-ring (bicyclic) bond motifs is 3. The molecule has 0 aromatic heterocycles. The summed E-state index contributed by atoms with van der Waals surface area (Å²) in [5, 5.41) is 11.7. The fourth-order valence-electron chi connectivity index (χ4n) is 4.40. The highest BCUT2D eigenvalue weighted by Crippen LogP contribution is 2.44. The SMILES string of the molecule is O=C(O)/C=C/[C@H]1CCC[C@H]1NC(=O)OCC1c2ccccc2-c2ccccc21. The second-order valence-electron chi connectivity index (χ2n) is 7.37. The molecule has 0 unspecified atom stereocenters. The second-order valence-corrected chi connectivity index (χ2v) is 7.37. The van der Waals surface area contributed by atoms with E-state index in [9.17, 15) is 9.59 Å². The molecule has 2 aromatic carbocycles. The van der Waals surface area contributed by atoms with Crippen molar-refractivity contribution in [2.75, 3.05) is 6.61 Å². The Hall–Kier alpha value is -3.08. The number of benzene rings is 2. The molecule has 0 radical (unpaired) electrons. The summed E-state index contributed by atoms with van der Waals surface area (Å²) in [7, 11) is 0. The van der Waals surface area contributed by atoms with Gasteiger partial charge in [-0.3, -0.25) is 0 Å². The highest BCUT2D eigenvalue weighted by Gasteiger charge is 2.30. The molecule has 2 aromatic rings. The Bertz CT molecular complexity index is 875. The zero-order valence-corrected chi connectivity index (χ0v) is 15.5. The minimum Gasteiger partial charge on any atom is -0.478 e. The number of carbonyl (C=O) groups excluding carboxylic acids is 1. The third kappa shape index (κ3) is 3.65. The highest BCUT2D eigenvalue weighted by molar-refractivity contribution is 5.80. The second kappa shape index (κ2) is 7.89. The van der Waals surface area contributed by atoms with Crippen LogP contribution in [0.5, 0.6) is 0 Å². The standard InChI is InChI=1S/C23H23NO4/c25-22(26)13-12-15-6-5-11-21(15)24-23(27)28-14-20-18-9-3-1-7-16(18)17-8-2-4-10-19(17)20/h1-4,7-10,12-13,15,20-21H,5-6,11,14H2,(H,24,27)(H,25,26)/b13-12+/t15-,21-/m1/s1. The smallest absolute Gasteiger partial charge is 0.407 e. The minimum atomic E-state index is -0.966. The van der Waals surface area contributed by atoms with Crippen LogP contribution in [-0.2, 0) is 9.53 Å². The van der Waals surface area contributed by atoms with Gasteiger partial charge in [0, 0.05) is 18.0 Å². The van der Waals surface area contributed by atoms with Crippen LogP contribution in [0.25, 0.3) is 11.1 Å². The number of carboxylic acid groups (broad SMARTS) is 1. The number of nitrogens with one attached hydrogen (secondary N) is 1. The predicted octanol–water partition coefficient (Wildman–Crippen LogP) is 4.33. The predicted molar refractivity (Wildman–Crippen MR) is 106 cm³/mol. The van der Waals surface area contributed by atoms with Crippen molar-refractivity contribution in [3.05, 3.63) is 71.8 Å². The van der Waals surface area contributed by atoms with Crippen molar-refractivity contribution in [2.24, 2.45) is 5.92 Å². The number of carboxylic acids is 1. The average molecular weight is 377 g/mol. The molecule has 1 fully saturated rings. The van der Waals surface area contributed by atoms with Crippen LogP contribution in [-0.4, -0.2) is 29.8 Å². The Kier molecular flexibility index (Phi) is 5.15. The van der Waals surface area contributed by atoms with Gasteiger partial charge in [-0.15, -0.1) is 0 Å². The number of alkyl carbamates (subject to hydrolysis) is 1.